The second-order valence-corrected chi connectivity index (χ2v) is 12.1. The molecule has 0 unspecified atom stereocenters. The number of thioether (sulfide) groups is 1. The van der Waals surface area contributed by atoms with Crippen LogP contribution in [0.25, 0.3) is 0 Å². The number of halogens is 2. The first kappa shape index (κ1) is 29.1. The molecule has 0 fully saturated rings. The monoisotopic (exact) mass is 556 g/mol. The molecule has 196 valence electrons. The van der Waals surface area contributed by atoms with Crippen LogP contribution >= 0.6 is 35.0 Å². The summed E-state index contributed by atoms with van der Waals surface area (Å²) >= 11 is 14.0. The molecule has 1 N–H and O–H groups in total. The number of carbonyl (C=O) groups is 2. The number of aryl methyl sites for hydroxylation is 1. The summed E-state index contributed by atoms with van der Waals surface area (Å²) in [7, 11) is 0. The normalized spacial score (nSPS) is 12.2. The lowest BCUT2D eigenvalue weighted by molar-refractivity contribution is -0.141. The number of carbonyl (C=O) groups excluding carboxylic acids is 2. The Morgan fingerprint density at radius 1 is 0.919 bits per heavy atom. The van der Waals surface area contributed by atoms with Crippen molar-refractivity contribution >= 4 is 46.8 Å². The maximum atomic E-state index is 13.7. The molecule has 0 bridgehead atoms. The summed E-state index contributed by atoms with van der Waals surface area (Å²) in [6.07, 6.45) is 0.703. The van der Waals surface area contributed by atoms with E-state index in [4.69, 9.17) is 23.2 Å². The van der Waals surface area contributed by atoms with Gasteiger partial charge in [0.25, 0.3) is 0 Å². The molecular weight excluding hydrogens is 523 g/mol. The summed E-state index contributed by atoms with van der Waals surface area (Å²) < 4.78 is 0. The summed E-state index contributed by atoms with van der Waals surface area (Å²) in [5, 5.41) is 3.95. The van der Waals surface area contributed by atoms with Crippen LogP contribution in [-0.2, 0) is 22.6 Å². The van der Waals surface area contributed by atoms with Gasteiger partial charge in [0.05, 0.1) is 10.0 Å². The summed E-state index contributed by atoms with van der Waals surface area (Å²) in [5.41, 5.74) is 2.56. The highest BCUT2D eigenvalue weighted by Crippen LogP contribution is 2.25. The van der Waals surface area contributed by atoms with Gasteiger partial charge in [-0.05, 0) is 63.1 Å². The van der Waals surface area contributed by atoms with E-state index in [2.05, 4.69) is 29.6 Å². The van der Waals surface area contributed by atoms with E-state index in [-0.39, 0.29) is 18.4 Å². The number of hydrogen-bond donors (Lipinski definition) is 1. The zero-order valence-corrected chi connectivity index (χ0v) is 24.1. The first-order valence-electron chi connectivity index (χ1n) is 12.3. The van der Waals surface area contributed by atoms with Crippen LogP contribution in [0.15, 0.2) is 77.7 Å². The van der Waals surface area contributed by atoms with E-state index in [1.807, 2.05) is 64.1 Å². The first-order valence-corrected chi connectivity index (χ1v) is 14.0. The van der Waals surface area contributed by atoms with E-state index in [0.29, 0.717) is 28.6 Å². The van der Waals surface area contributed by atoms with Crippen molar-refractivity contribution in [1.82, 2.24) is 10.2 Å². The fraction of sp³-hybridized carbons (Fsp3) is 0.333. The van der Waals surface area contributed by atoms with Crippen LogP contribution < -0.4 is 5.32 Å². The van der Waals surface area contributed by atoms with Gasteiger partial charge in [0, 0.05) is 35.6 Å². The van der Waals surface area contributed by atoms with Crippen molar-refractivity contribution in [2.75, 3.05) is 5.75 Å². The molecule has 0 saturated heterocycles. The quantitative estimate of drug-likeness (QED) is 0.266. The summed E-state index contributed by atoms with van der Waals surface area (Å²) in [5.74, 6) is 0.338. The SMILES string of the molecule is Cc1ccc(SCCC(=O)N(Cc2ccc(Cl)c(Cl)c2)[C@@H](Cc2ccccc2)C(=O)NC(C)(C)C)cc1. The number of hydrogen-bond acceptors (Lipinski definition) is 3. The molecule has 2 amide bonds. The zero-order chi connectivity index (χ0) is 27.0. The molecule has 3 aromatic rings. The molecule has 4 nitrogen and oxygen atoms in total. The van der Waals surface area contributed by atoms with Gasteiger partial charge in [-0.15, -0.1) is 11.8 Å². The largest absolute Gasteiger partial charge is 0.350 e. The van der Waals surface area contributed by atoms with Crippen LogP contribution in [-0.4, -0.2) is 34.0 Å². The Bertz CT molecular complexity index is 1190. The zero-order valence-electron chi connectivity index (χ0n) is 21.8. The minimum absolute atomic E-state index is 0.0873. The van der Waals surface area contributed by atoms with Gasteiger partial charge < -0.3 is 10.2 Å². The highest BCUT2D eigenvalue weighted by atomic mass is 35.5. The Morgan fingerprint density at radius 3 is 2.22 bits per heavy atom. The van der Waals surface area contributed by atoms with Crippen molar-refractivity contribution in [2.45, 2.75) is 63.6 Å². The van der Waals surface area contributed by atoms with Crippen molar-refractivity contribution in [1.29, 1.82) is 0 Å². The number of amides is 2. The second kappa shape index (κ2) is 13.4. The smallest absolute Gasteiger partial charge is 0.243 e. The summed E-state index contributed by atoms with van der Waals surface area (Å²) in [6.45, 7) is 8.11. The van der Waals surface area contributed by atoms with Crippen molar-refractivity contribution in [2.24, 2.45) is 0 Å². The molecule has 0 aliphatic heterocycles. The Morgan fingerprint density at radius 2 is 1.59 bits per heavy atom. The Hall–Kier alpha value is -2.47. The van der Waals surface area contributed by atoms with Crippen molar-refractivity contribution < 1.29 is 9.59 Å². The fourth-order valence-electron chi connectivity index (χ4n) is 3.88. The van der Waals surface area contributed by atoms with Crippen molar-refractivity contribution in [3.05, 3.63) is 99.5 Å². The standard InChI is InChI=1S/C30H34Cl2N2O2S/c1-21-10-13-24(14-11-21)37-17-16-28(35)34(20-23-12-15-25(31)26(32)18-23)27(29(36)33-30(2,3)4)19-22-8-6-5-7-9-22/h5-15,18,27H,16-17,19-20H2,1-4H3,(H,33,36)/t27-/m0/s1. The van der Waals surface area contributed by atoms with Gasteiger partial charge >= 0.3 is 0 Å². The average Bonchev–Trinajstić information content (AvgIpc) is 2.84. The molecule has 0 aliphatic carbocycles. The van der Waals surface area contributed by atoms with E-state index in [0.717, 1.165) is 16.0 Å². The van der Waals surface area contributed by atoms with Crippen LogP contribution in [0.3, 0.4) is 0 Å². The van der Waals surface area contributed by atoms with Gasteiger partial charge in [-0.2, -0.15) is 0 Å². The maximum Gasteiger partial charge on any atom is 0.243 e. The third-order valence-corrected chi connectivity index (χ3v) is 7.46. The van der Waals surface area contributed by atoms with E-state index in [1.165, 1.54) is 5.56 Å². The molecule has 37 heavy (non-hydrogen) atoms. The lowest BCUT2D eigenvalue weighted by atomic mass is 10.0. The van der Waals surface area contributed by atoms with E-state index >= 15 is 0 Å². The van der Waals surface area contributed by atoms with Crippen molar-refractivity contribution in [3.8, 4) is 0 Å². The molecule has 0 spiro atoms. The molecule has 3 aromatic carbocycles. The molecule has 3 rings (SSSR count). The highest BCUT2D eigenvalue weighted by molar-refractivity contribution is 7.99. The number of nitrogens with one attached hydrogen (secondary N) is 1. The summed E-state index contributed by atoms with van der Waals surface area (Å²) in [4.78, 5) is 30.1. The number of nitrogens with zero attached hydrogens (tertiary/aromatic N) is 1. The molecule has 0 heterocycles. The van der Waals surface area contributed by atoms with E-state index < -0.39 is 11.6 Å². The lowest BCUT2D eigenvalue weighted by Crippen LogP contribution is -2.54. The van der Waals surface area contributed by atoms with Crippen LogP contribution in [0.5, 0.6) is 0 Å². The minimum atomic E-state index is -0.687. The van der Waals surface area contributed by atoms with Crippen LogP contribution in [0.1, 0.15) is 43.9 Å². The van der Waals surface area contributed by atoms with Gasteiger partial charge in [-0.1, -0.05) is 77.3 Å². The molecule has 0 saturated carbocycles. The molecule has 0 aliphatic rings. The molecule has 1 atom stereocenters. The van der Waals surface area contributed by atoms with E-state index in [9.17, 15) is 9.59 Å². The second-order valence-electron chi connectivity index (χ2n) is 10.1. The van der Waals surface area contributed by atoms with Gasteiger partial charge in [-0.3, -0.25) is 9.59 Å². The lowest BCUT2D eigenvalue weighted by Gasteiger charge is -2.34. The van der Waals surface area contributed by atoms with Gasteiger partial charge in [0.2, 0.25) is 11.8 Å². The highest BCUT2D eigenvalue weighted by Gasteiger charge is 2.32. The number of benzene rings is 3. The third-order valence-electron chi connectivity index (χ3n) is 5.71. The Balaban J connectivity index is 1.88. The minimum Gasteiger partial charge on any atom is -0.350 e. The predicted octanol–water partition coefficient (Wildman–Crippen LogP) is 7.34. The molecule has 7 heteroatoms. The first-order chi connectivity index (χ1) is 17.5. The average molecular weight is 558 g/mol. The summed E-state index contributed by atoms with van der Waals surface area (Å²) in [6, 6.07) is 22.7. The maximum absolute atomic E-state index is 13.7. The predicted molar refractivity (Wildman–Crippen MR) is 155 cm³/mol. The van der Waals surface area contributed by atoms with Crippen LogP contribution in [0, 0.1) is 6.92 Å². The Labute approximate surface area is 234 Å². The number of rotatable bonds is 10. The molecular formula is C30H34Cl2N2O2S. The Kier molecular flexibility index (Phi) is 10.5. The molecule has 0 radical (unpaired) electrons. The fourth-order valence-corrected chi connectivity index (χ4v) is 5.04. The van der Waals surface area contributed by atoms with Gasteiger partial charge in [0.1, 0.15) is 6.04 Å². The van der Waals surface area contributed by atoms with Gasteiger partial charge in [0.15, 0.2) is 0 Å². The van der Waals surface area contributed by atoms with Gasteiger partial charge in [-0.25, -0.2) is 0 Å². The van der Waals surface area contributed by atoms with Crippen LogP contribution in [0.2, 0.25) is 10.0 Å². The van der Waals surface area contributed by atoms with E-state index in [1.54, 1.807) is 28.8 Å². The third kappa shape index (κ3) is 9.41. The van der Waals surface area contributed by atoms with Crippen molar-refractivity contribution in [3.63, 3.8) is 0 Å². The van der Waals surface area contributed by atoms with Crippen LogP contribution in [0.4, 0.5) is 0 Å². The topological polar surface area (TPSA) is 49.4 Å². The molecule has 0 aromatic heterocycles.